The molecule has 136 valence electrons. The van der Waals surface area contributed by atoms with Crippen LogP contribution in [0.15, 0.2) is 29.3 Å². The first-order valence-electron chi connectivity index (χ1n) is 8.26. The van der Waals surface area contributed by atoms with Crippen LogP contribution in [0, 0.1) is 5.41 Å². The average molecular weight is 447 g/mol. The number of rotatable bonds is 6. The molecule has 0 bridgehead atoms. The molecule has 1 aromatic carbocycles. The van der Waals surface area contributed by atoms with E-state index >= 15 is 0 Å². The minimum Gasteiger partial charge on any atom is -0.497 e. The summed E-state index contributed by atoms with van der Waals surface area (Å²) in [5.74, 6) is 2.66. The molecule has 1 heterocycles. The summed E-state index contributed by atoms with van der Waals surface area (Å²) in [7, 11) is 3.51. The van der Waals surface area contributed by atoms with Crippen molar-refractivity contribution in [3.63, 3.8) is 0 Å². The van der Waals surface area contributed by atoms with E-state index in [2.05, 4.69) is 29.1 Å². The summed E-state index contributed by atoms with van der Waals surface area (Å²) in [5.41, 5.74) is 0.382. The van der Waals surface area contributed by atoms with Crippen molar-refractivity contribution in [3.05, 3.63) is 24.3 Å². The third-order valence-corrected chi connectivity index (χ3v) is 4.10. The van der Waals surface area contributed by atoms with Crippen molar-refractivity contribution in [1.29, 1.82) is 0 Å². The highest BCUT2D eigenvalue weighted by molar-refractivity contribution is 14.0. The molecule has 0 saturated carbocycles. The molecule has 0 radical (unpaired) electrons. The number of aliphatic imine (C=N–C) groups is 1. The smallest absolute Gasteiger partial charge is 0.193 e. The van der Waals surface area contributed by atoms with E-state index in [1.807, 2.05) is 31.3 Å². The highest BCUT2D eigenvalue weighted by Crippen LogP contribution is 2.28. The summed E-state index contributed by atoms with van der Waals surface area (Å²) < 4.78 is 10.9. The van der Waals surface area contributed by atoms with Gasteiger partial charge < -0.3 is 19.7 Å². The molecule has 1 saturated heterocycles. The first kappa shape index (κ1) is 20.9. The van der Waals surface area contributed by atoms with Crippen molar-refractivity contribution in [2.45, 2.75) is 26.7 Å². The van der Waals surface area contributed by atoms with E-state index in [1.54, 1.807) is 7.11 Å². The lowest BCUT2D eigenvalue weighted by Crippen LogP contribution is -2.41. The van der Waals surface area contributed by atoms with Crippen LogP contribution in [0.4, 0.5) is 0 Å². The molecule has 6 heteroatoms. The van der Waals surface area contributed by atoms with Gasteiger partial charge in [0.15, 0.2) is 5.96 Å². The van der Waals surface area contributed by atoms with Gasteiger partial charge >= 0.3 is 0 Å². The molecule has 0 aromatic heterocycles. The third kappa shape index (κ3) is 6.37. The predicted molar refractivity (Wildman–Crippen MR) is 110 cm³/mol. The number of likely N-dealkylation sites (tertiary alicyclic amines) is 1. The number of benzene rings is 1. The van der Waals surface area contributed by atoms with Gasteiger partial charge in [-0.15, -0.1) is 24.0 Å². The van der Waals surface area contributed by atoms with Crippen molar-refractivity contribution < 1.29 is 9.47 Å². The van der Waals surface area contributed by atoms with Crippen molar-refractivity contribution in [1.82, 2.24) is 10.2 Å². The Balaban J connectivity index is 0.00000288. The van der Waals surface area contributed by atoms with E-state index in [1.165, 1.54) is 6.42 Å². The average Bonchev–Trinajstić information content (AvgIpc) is 2.91. The molecule has 1 aromatic rings. The van der Waals surface area contributed by atoms with Crippen LogP contribution in [-0.2, 0) is 0 Å². The van der Waals surface area contributed by atoms with Gasteiger partial charge in [-0.05, 0) is 30.4 Å². The third-order valence-electron chi connectivity index (χ3n) is 4.10. The molecule has 1 fully saturated rings. The van der Waals surface area contributed by atoms with Crippen LogP contribution in [0.2, 0.25) is 0 Å². The van der Waals surface area contributed by atoms with E-state index in [9.17, 15) is 0 Å². The summed E-state index contributed by atoms with van der Waals surface area (Å²) >= 11 is 0. The lowest BCUT2D eigenvalue weighted by atomic mass is 9.93. The van der Waals surface area contributed by atoms with Crippen molar-refractivity contribution in [2.24, 2.45) is 10.4 Å². The maximum atomic E-state index is 5.75. The van der Waals surface area contributed by atoms with Gasteiger partial charge in [0.2, 0.25) is 0 Å². The van der Waals surface area contributed by atoms with Crippen LogP contribution in [0.3, 0.4) is 0 Å². The molecule has 1 aliphatic heterocycles. The second-order valence-electron chi connectivity index (χ2n) is 6.69. The summed E-state index contributed by atoms with van der Waals surface area (Å²) in [6, 6.07) is 7.69. The summed E-state index contributed by atoms with van der Waals surface area (Å²) in [6.45, 7) is 8.28. The fourth-order valence-electron chi connectivity index (χ4n) is 2.78. The van der Waals surface area contributed by atoms with Crippen LogP contribution in [0.25, 0.3) is 0 Å². The van der Waals surface area contributed by atoms with Crippen LogP contribution in [0.1, 0.15) is 26.7 Å². The quantitative estimate of drug-likeness (QED) is 0.314. The molecule has 0 amide bonds. The zero-order valence-corrected chi connectivity index (χ0v) is 17.5. The largest absolute Gasteiger partial charge is 0.497 e. The van der Waals surface area contributed by atoms with Gasteiger partial charge in [-0.1, -0.05) is 19.9 Å². The Morgan fingerprint density at radius 1 is 1.33 bits per heavy atom. The first-order valence-corrected chi connectivity index (χ1v) is 8.26. The van der Waals surface area contributed by atoms with Crippen molar-refractivity contribution >= 4 is 29.9 Å². The highest BCUT2D eigenvalue weighted by atomic mass is 127. The number of nitrogens with one attached hydrogen (secondary N) is 1. The molecule has 0 spiro atoms. The summed E-state index contributed by atoms with van der Waals surface area (Å²) in [6.07, 6.45) is 2.14. The zero-order valence-electron chi connectivity index (χ0n) is 15.2. The number of methoxy groups -OCH3 is 1. The number of hydrogen-bond donors (Lipinski definition) is 1. The monoisotopic (exact) mass is 447 g/mol. The zero-order chi connectivity index (χ0) is 16.7. The van der Waals surface area contributed by atoms with Gasteiger partial charge in [0.1, 0.15) is 11.5 Å². The molecule has 0 aliphatic carbocycles. The number of ether oxygens (including phenoxy) is 2. The maximum absolute atomic E-state index is 5.75. The van der Waals surface area contributed by atoms with Gasteiger partial charge in [-0.2, -0.15) is 0 Å². The van der Waals surface area contributed by atoms with Gasteiger partial charge in [-0.25, -0.2) is 0 Å². The molecule has 1 N–H and O–H groups in total. The van der Waals surface area contributed by atoms with E-state index in [0.717, 1.165) is 43.5 Å². The van der Waals surface area contributed by atoms with Crippen LogP contribution in [-0.4, -0.2) is 51.3 Å². The Hall–Kier alpha value is -1.18. The normalized spacial score (nSPS) is 16.5. The lowest BCUT2D eigenvalue weighted by Gasteiger charge is -2.23. The Kier molecular flexibility index (Phi) is 8.66. The second kappa shape index (κ2) is 9.96. The van der Waals surface area contributed by atoms with Crippen LogP contribution < -0.4 is 14.8 Å². The topological polar surface area (TPSA) is 46.1 Å². The molecule has 5 nitrogen and oxygen atoms in total. The van der Waals surface area contributed by atoms with Gasteiger partial charge in [-0.3, -0.25) is 4.99 Å². The minimum absolute atomic E-state index is 0. The number of nitrogens with zero attached hydrogens (tertiary/aromatic N) is 2. The Morgan fingerprint density at radius 3 is 2.71 bits per heavy atom. The molecular weight excluding hydrogens is 417 g/mol. The van der Waals surface area contributed by atoms with Gasteiger partial charge in [0, 0.05) is 32.7 Å². The lowest BCUT2D eigenvalue weighted by molar-refractivity contribution is 0.307. The van der Waals surface area contributed by atoms with E-state index in [0.29, 0.717) is 12.0 Å². The maximum Gasteiger partial charge on any atom is 0.193 e. The molecule has 0 unspecified atom stereocenters. The van der Waals surface area contributed by atoms with Gasteiger partial charge in [0.25, 0.3) is 0 Å². The number of halogens is 1. The Bertz CT molecular complexity index is 535. The first-order chi connectivity index (χ1) is 11.0. The van der Waals surface area contributed by atoms with Crippen LogP contribution in [0.5, 0.6) is 11.5 Å². The Morgan fingerprint density at radius 2 is 2.08 bits per heavy atom. The van der Waals surface area contributed by atoms with Gasteiger partial charge in [0.05, 0.1) is 13.7 Å². The second-order valence-corrected chi connectivity index (χ2v) is 6.69. The van der Waals surface area contributed by atoms with Crippen molar-refractivity contribution in [2.75, 3.05) is 40.4 Å². The molecule has 1 aliphatic rings. The predicted octanol–water partition coefficient (Wildman–Crippen LogP) is 3.39. The van der Waals surface area contributed by atoms with E-state index < -0.39 is 0 Å². The highest BCUT2D eigenvalue weighted by Gasteiger charge is 2.30. The van der Waals surface area contributed by atoms with Crippen LogP contribution >= 0.6 is 24.0 Å². The Labute approximate surface area is 162 Å². The summed E-state index contributed by atoms with van der Waals surface area (Å²) in [5, 5.41) is 3.43. The molecular formula is C18H30IN3O2. The minimum atomic E-state index is 0. The molecule has 0 atom stereocenters. The fourth-order valence-corrected chi connectivity index (χ4v) is 2.78. The SMILES string of the molecule is CN=C(NCCCOc1cccc(OC)c1)N1CCC(C)(C)C1.I. The molecule has 24 heavy (non-hydrogen) atoms. The van der Waals surface area contributed by atoms with Crippen molar-refractivity contribution in [3.8, 4) is 11.5 Å². The summed E-state index contributed by atoms with van der Waals surface area (Å²) in [4.78, 5) is 6.72. The number of guanidine groups is 1. The number of hydrogen-bond acceptors (Lipinski definition) is 3. The molecule has 2 rings (SSSR count). The van der Waals surface area contributed by atoms with E-state index in [4.69, 9.17) is 9.47 Å². The van der Waals surface area contributed by atoms with E-state index in [-0.39, 0.29) is 24.0 Å². The standard InChI is InChI=1S/C18H29N3O2.HI/c1-18(2)9-11-21(14-18)17(19-3)20-10-6-12-23-16-8-5-7-15(13-16)22-4;/h5,7-8,13H,6,9-12,14H2,1-4H3,(H,19,20);1H. The fraction of sp³-hybridized carbons (Fsp3) is 0.611.